The maximum absolute atomic E-state index is 5.95. The second kappa shape index (κ2) is 15.0. The molecule has 0 amide bonds. The van der Waals surface area contributed by atoms with Crippen LogP contribution in [-0.2, 0) is 0 Å². The Morgan fingerprint density at radius 1 is 0.818 bits per heavy atom. The van der Waals surface area contributed by atoms with Crippen LogP contribution in [0.5, 0.6) is 5.75 Å². The van der Waals surface area contributed by atoms with E-state index in [2.05, 4.69) is 140 Å². The van der Waals surface area contributed by atoms with Gasteiger partial charge in [-0.25, -0.2) is 0 Å². The monoisotopic (exact) mass is 971 g/mol. The van der Waals surface area contributed by atoms with E-state index in [9.17, 15) is 0 Å². The molecule has 0 saturated carbocycles. The van der Waals surface area contributed by atoms with Crippen molar-refractivity contribution in [3.8, 4) is 5.75 Å². The fourth-order valence-electron chi connectivity index (χ4n) is 5.72. The molecule has 44 heavy (non-hydrogen) atoms. The Hall–Kier alpha value is -2.86. The third-order valence-corrected chi connectivity index (χ3v) is 8.97. The van der Waals surface area contributed by atoms with E-state index in [4.69, 9.17) is 9.15 Å². The van der Waals surface area contributed by atoms with Crippen LogP contribution in [0.3, 0.4) is 0 Å². The van der Waals surface area contributed by atoms with Crippen molar-refractivity contribution in [1.29, 1.82) is 0 Å². The molecule has 1 N–H and O–H groups in total. The van der Waals surface area contributed by atoms with Gasteiger partial charge in [-0.05, 0) is 12.1 Å². The molecule has 0 spiro atoms. The number of benzene rings is 3. The van der Waals surface area contributed by atoms with Gasteiger partial charge in [-0.15, -0.1) is 0 Å². The van der Waals surface area contributed by atoms with E-state index >= 15 is 0 Å². The van der Waals surface area contributed by atoms with Crippen molar-refractivity contribution in [2.24, 2.45) is 0 Å². The average Bonchev–Trinajstić information content (AvgIpc) is 3.45. The number of rotatable bonds is 6. The fraction of sp³-hybridized carbons (Fsp3) is 0.211. The quantitative estimate of drug-likeness (QED) is 0.143. The van der Waals surface area contributed by atoms with Crippen LogP contribution in [0.25, 0.3) is 28.2 Å². The Morgan fingerprint density at radius 3 is 2.30 bits per heavy atom. The summed E-state index contributed by atoms with van der Waals surface area (Å²) >= 11 is 2.22. The molecule has 220 valence electrons. The number of aromatic hydroxyl groups is 1. The SMILES string of the molecule is CN(C)c1ccc2c(c1)[OH+][C]([Pb])=C/C2=C\C=C1/CCCC(/C=C/c2coc3cc(N(C)C)ccc23)=C1c1ccccc1.[CH3][Pb]. The van der Waals surface area contributed by atoms with Gasteiger partial charge in [-0.2, -0.15) is 0 Å². The van der Waals surface area contributed by atoms with Gasteiger partial charge in [0.15, 0.2) is 0 Å². The van der Waals surface area contributed by atoms with E-state index in [1.807, 2.05) is 6.26 Å². The molecule has 0 unspecified atom stereocenters. The first kappa shape index (κ1) is 32.5. The van der Waals surface area contributed by atoms with Crippen LogP contribution in [0.15, 0.2) is 116 Å². The molecule has 1 aliphatic heterocycles. The fourth-order valence-corrected chi connectivity index (χ4v) is 6.79. The van der Waals surface area contributed by atoms with Crippen LogP contribution in [0.4, 0.5) is 11.4 Å². The zero-order valence-electron chi connectivity index (χ0n) is 26.2. The summed E-state index contributed by atoms with van der Waals surface area (Å²) in [6.45, 7) is 0. The van der Waals surface area contributed by atoms with Crippen LogP contribution < -0.4 is 9.80 Å². The van der Waals surface area contributed by atoms with Gasteiger partial charge in [-0.3, -0.25) is 0 Å². The molecule has 0 atom stereocenters. The molecule has 6 heteroatoms. The van der Waals surface area contributed by atoms with Gasteiger partial charge in [0, 0.05) is 25.8 Å². The number of nitrogens with zero attached hydrogens (tertiary/aromatic N) is 2. The Labute approximate surface area is 293 Å². The van der Waals surface area contributed by atoms with Crippen LogP contribution in [0.2, 0.25) is 4.48 Å². The molecule has 0 saturated heterocycles. The first-order valence-corrected chi connectivity index (χ1v) is 20.7. The summed E-state index contributed by atoms with van der Waals surface area (Å²) in [6, 6.07) is 23.8. The van der Waals surface area contributed by atoms with E-state index in [1.54, 1.807) is 0 Å². The van der Waals surface area contributed by atoms with E-state index in [0.717, 1.165) is 73.0 Å². The number of allylic oxidation sites excluding steroid dienone is 8. The van der Waals surface area contributed by atoms with Gasteiger partial charge in [0.05, 0.1) is 0 Å². The summed E-state index contributed by atoms with van der Waals surface area (Å²) in [5, 5.41) is 1.14. The van der Waals surface area contributed by atoms with Crippen LogP contribution in [0, 0.1) is 0 Å². The van der Waals surface area contributed by atoms with Gasteiger partial charge in [0.25, 0.3) is 0 Å². The maximum atomic E-state index is 5.95. The van der Waals surface area contributed by atoms with Gasteiger partial charge in [0.2, 0.25) is 0 Å². The Kier molecular flexibility index (Phi) is 11.1. The van der Waals surface area contributed by atoms with Gasteiger partial charge >= 0.3 is 243 Å². The van der Waals surface area contributed by atoms with Crippen molar-refractivity contribution in [3.05, 3.63) is 128 Å². The number of ether oxygens (including phenoxy) is 1. The summed E-state index contributed by atoms with van der Waals surface area (Å²) < 4.78 is 14.2. The summed E-state index contributed by atoms with van der Waals surface area (Å²) in [4.78, 5) is 4.23. The second-order valence-electron chi connectivity index (χ2n) is 11.3. The zero-order valence-corrected chi connectivity index (χ0v) is 34.0. The first-order chi connectivity index (χ1) is 21.4. The third-order valence-electron chi connectivity index (χ3n) is 7.97. The summed E-state index contributed by atoms with van der Waals surface area (Å²) in [7, 11) is 8.25. The standard InChI is InChI=1S/C37H36N2O2.CH3.2Pb/c1-38(2)31-17-19-33-26(21-22-40-35(33)23-31)13-14-28-11-8-12-29(37(28)27-9-6-5-7-10-27)15-16-30-25-41-36-24-32(39(3)4)18-20-34(30)36;;;/h5-7,9-10,13-21,23-25,40H,8,11-12H2,1-4H3;1H3;;/q+1;;;/b16-15+,26-13+,28-14+;;;. The van der Waals surface area contributed by atoms with E-state index < -0.39 is 0 Å². The number of hydrogen-bond donors (Lipinski definition) is 0. The molecule has 1 aromatic heterocycles. The second-order valence-corrected chi connectivity index (χ2v) is 13.3. The van der Waals surface area contributed by atoms with Crippen molar-refractivity contribution in [2.45, 2.75) is 23.7 Å². The molecule has 0 bridgehead atoms. The van der Waals surface area contributed by atoms with E-state index in [1.165, 1.54) is 68.2 Å². The molecule has 4 aromatic rings. The predicted octanol–water partition coefficient (Wildman–Crippen LogP) is 8.69. The van der Waals surface area contributed by atoms with Crippen molar-refractivity contribution >= 4 is 91.1 Å². The van der Waals surface area contributed by atoms with Crippen molar-refractivity contribution in [3.63, 3.8) is 0 Å². The molecule has 3 aromatic carbocycles. The van der Waals surface area contributed by atoms with Crippen molar-refractivity contribution < 1.29 is 9.15 Å². The molecule has 1 aliphatic carbocycles. The zero-order chi connectivity index (χ0) is 31.2. The van der Waals surface area contributed by atoms with Gasteiger partial charge < -0.3 is 9.32 Å². The molecule has 2 heterocycles. The predicted molar refractivity (Wildman–Crippen MR) is 191 cm³/mol. The molecule has 0 fully saturated rings. The minimum atomic E-state index is 0.914. The van der Waals surface area contributed by atoms with Gasteiger partial charge in [-0.1, -0.05) is 0 Å². The Balaban J connectivity index is 0.00000188. The topological polar surface area (TPSA) is 32.4 Å². The summed E-state index contributed by atoms with van der Waals surface area (Å²) in [6.07, 6.45) is 16.5. The van der Waals surface area contributed by atoms with Crippen LogP contribution in [0.1, 0.15) is 36.0 Å². The summed E-state index contributed by atoms with van der Waals surface area (Å²) in [5.74, 6) is 1.06. The molecule has 4 nitrogen and oxygen atoms in total. The van der Waals surface area contributed by atoms with Crippen LogP contribution in [-0.4, -0.2) is 84.5 Å². The first-order valence-electron chi connectivity index (χ1n) is 14.9. The van der Waals surface area contributed by atoms with Gasteiger partial charge in [0.1, 0.15) is 5.58 Å². The van der Waals surface area contributed by atoms with E-state index in [-0.39, 0.29) is 0 Å². The minimum absolute atomic E-state index is 0.914. The molecular formula is C38H39N2O2Pb2+. The van der Waals surface area contributed by atoms with Crippen LogP contribution >= 0.6 is 0 Å². The number of furan rings is 1. The van der Waals surface area contributed by atoms with Crippen molar-refractivity contribution in [2.75, 3.05) is 38.0 Å². The number of anilines is 2. The molecule has 2 aliphatic rings. The van der Waals surface area contributed by atoms with Crippen molar-refractivity contribution in [1.82, 2.24) is 0 Å². The number of aliphatic hydroxyl groups is 1. The normalized spacial score (nSPS) is 16.5. The van der Waals surface area contributed by atoms with E-state index in [0.29, 0.717) is 0 Å². The molecular weight excluding hydrogens is 931 g/mol. The average molecular weight is 970 g/mol. The number of hydrogen-bond acceptors (Lipinski definition) is 3. The Morgan fingerprint density at radius 2 is 1.55 bits per heavy atom. The molecule has 6 radical (unpaired) electrons. The third kappa shape index (κ3) is 7.33. The Bertz CT molecular complexity index is 1790. The number of fused-ring (bicyclic) bond motifs is 2. The molecule has 6 rings (SSSR count). The summed E-state index contributed by atoms with van der Waals surface area (Å²) in [5.41, 5.74) is 12.1.